The van der Waals surface area contributed by atoms with E-state index in [1.807, 2.05) is 0 Å². The Hall–Kier alpha value is -1.48. The third-order valence-corrected chi connectivity index (χ3v) is 8.93. The molecule has 0 saturated heterocycles. The van der Waals surface area contributed by atoms with E-state index in [1.165, 1.54) is 28.8 Å². The summed E-state index contributed by atoms with van der Waals surface area (Å²) in [4.78, 5) is 0. The summed E-state index contributed by atoms with van der Waals surface area (Å²) in [6, 6.07) is 31.4. The highest BCUT2D eigenvalue weighted by atomic mass is 31.1. The first kappa shape index (κ1) is 19.3. The Morgan fingerprint density at radius 3 is 1.88 bits per heavy atom. The lowest BCUT2D eigenvalue weighted by atomic mass is 10.0. The molecule has 0 heterocycles. The van der Waals surface area contributed by atoms with E-state index >= 15 is 0 Å². The van der Waals surface area contributed by atoms with Gasteiger partial charge >= 0.3 is 0 Å². The molecule has 26 heavy (non-hydrogen) atoms. The molecule has 0 spiro atoms. The predicted molar refractivity (Wildman–Crippen MR) is 121 cm³/mol. The molecule has 0 N–H and O–H groups in total. The summed E-state index contributed by atoms with van der Waals surface area (Å²) >= 11 is 0. The van der Waals surface area contributed by atoms with Gasteiger partial charge in [0.1, 0.15) is 0 Å². The largest absolute Gasteiger partial charge is 0.0824 e. The molecule has 0 saturated carbocycles. The van der Waals surface area contributed by atoms with Crippen molar-refractivity contribution in [3.63, 3.8) is 0 Å². The maximum atomic E-state index is 2.38. The minimum atomic E-state index is 0.0341. The zero-order chi connectivity index (χ0) is 18.2. The standard InChI is InChI=1S/C24H28P2/c1-3-26(4-2)23-17-15-20(16-18-23)19-24(21-11-7-5-8-12-21)25-22-13-9-6-10-14-22/h5-18,24-25H,3-4,19H2,1-2H3. The zero-order valence-corrected chi connectivity index (χ0v) is 17.6. The van der Waals surface area contributed by atoms with Gasteiger partial charge in [0.05, 0.1) is 0 Å². The molecule has 2 unspecified atom stereocenters. The fraction of sp³-hybridized carbons (Fsp3) is 0.250. The lowest BCUT2D eigenvalue weighted by Crippen LogP contribution is -2.06. The van der Waals surface area contributed by atoms with Gasteiger partial charge in [-0.3, -0.25) is 0 Å². The first-order valence-electron chi connectivity index (χ1n) is 9.50. The molecule has 0 fully saturated rings. The molecular weight excluding hydrogens is 350 g/mol. The molecule has 0 bridgehead atoms. The third kappa shape index (κ3) is 5.26. The second kappa shape index (κ2) is 10.0. The van der Waals surface area contributed by atoms with Crippen LogP contribution in [0.1, 0.15) is 30.6 Å². The predicted octanol–water partition coefficient (Wildman–Crippen LogP) is 6.12. The van der Waals surface area contributed by atoms with Crippen molar-refractivity contribution in [1.82, 2.24) is 0 Å². The fourth-order valence-electron chi connectivity index (χ4n) is 3.34. The van der Waals surface area contributed by atoms with Crippen molar-refractivity contribution in [1.29, 1.82) is 0 Å². The monoisotopic (exact) mass is 378 g/mol. The molecule has 3 aromatic carbocycles. The Morgan fingerprint density at radius 2 is 1.31 bits per heavy atom. The van der Waals surface area contributed by atoms with Crippen molar-refractivity contribution in [2.45, 2.75) is 25.9 Å². The Morgan fingerprint density at radius 1 is 0.731 bits per heavy atom. The number of benzene rings is 3. The van der Waals surface area contributed by atoms with Crippen molar-refractivity contribution in [3.8, 4) is 0 Å². The molecule has 3 rings (SSSR count). The van der Waals surface area contributed by atoms with Gasteiger partial charge in [0, 0.05) is 5.66 Å². The van der Waals surface area contributed by atoms with Crippen molar-refractivity contribution < 1.29 is 0 Å². The van der Waals surface area contributed by atoms with Gasteiger partial charge in [0.25, 0.3) is 0 Å². The normalized spacial score (nSPS) is 12.7. The number of hydrogen-bond donors (Lipinski definition) is 0. The molecule has 0 amide bonds. The van der Waals surface area contributed by atoms with Gasteiger partial charge in [-0.2, -0.15) is 0 Å². The summed E-state index contributed by atoms with van der Waals surface area (Å²) < 4.78 is 0. The van der Waals surface area contributed by atoms with E-state index in [4.69, 9.17) is 0 Å². The Balaban J connectivity index is 1.79. The van der Waals surface area contributed by atoms with Gasteiger partial charge in [-0.15, -0.1) is 0 Å². The number of hydrogen-bond acceptors (Lipinski definition) is 0. The minimum absolute atomic E-state index is 0.0341. The van der Waals surface area contributed by atoms with Crippen LogP contribution in [-0.4, -0.2) is 12.3 Å². The SMILES string of the molecule is CCP(CC)c1ccc(CC(Pc2ccccc2)c2ccccc2)cc1. The molecule has 0 aliphatic rings. The topological polar surface area (TPSA) is 0 Å². The van der Waals surface area contributed by atoms with Crippen LogP contribution in [0.4, 0.5) is 0 Å². The van der Waals surface area contributed by atoms with Gasteiger partial charge in [-0.25, -0.2) is 0 Å². The van der Waals surface area contributed by atoms with Gasteiger partial charge in [0.2, 0.25) is 0 Å². The molecule has 2 atom stereocenters. The van der Waals surface area contributed by atoms with Crippen LogP contribution in [0.3, 0.4) is 0 Å². The first-order chi connectivity index (χ1) is 12.8. The van der Waals surface area contributed by atoms with Crippen LogP contribution in [-0.2, 0) is 6.42 Å². The quantitative estimate of drug-likeness (QED) is 0.414. The maximum absolute atomic E-state index is 2.38. The molecule has 2 heteroatoms. The first-order valence-corrected chi connectivity index (χ1v) is 12.3. The molecule has 0 aliphatic heterocycles. The van der Waals surface area contributed by atoms with E-state index in [1.54, 1.807) is 5.30 Å². The van der Waals surface area contributed by atoms with E-state index in [0.717, 1.165) is 15.0 Å². The second-order valence-electron chi connectivity index (χ2n) is 6.52. The van der Waals surface area contributed by atoms with Crippen molar-refractivity contribution in [2.24, 2.45) is 0 Å². The van der Waals surface area contributed by atoms with Crippen molar-refractivity contribution >= 4 is 27.1 Å². The van der Waals surface area contributed by atoms with Gasteiger partial charge < -0.3 is 0 Å². The minimum Gasteiger partial charge on any atom is -0.0824 e. The smallest absolute Gasteiger partial charge is 0.00950 e. The van der Waals surface area contributed by atoms with Crippen molar-refractivity contribution in [3.05, 3.63) is 96.1 Å². The lowest BCUT2D eigenvalue weighted by molar-refractivity contribution is 0.929. The van der Waals surface area contributed by atoms with E-state index < -0.39 is 0 Å². The maximum Gasteiger partial charge on any atom is 0.00950 e. The Bertz CT molecular complexity index is 762. The van der Waals surface area contributed by atoms with Gasteiger partial charge in [-0.1, -0.05) is 115 Å². The molecule has 0 aliphatic carbocycles. The average molecular weight is 378 g/mol. The van der Waals surface area contributed by atoms with Crippen LogP contribution in [0, 0.1) is 0 Å². The summed E-state index contributed by atoms with van der Waals surface area (Å²) in [6.07, 6.45) is 3.67. The highest BCUT2D eigenvalue weighted by Gasteiger charge is 2.14. The molecular formula is C24H28P2. The zero-order valence-electron chi connectivity index (χ0n) is 15.7. The Kier molecular flexibility index (Phi) is 7.43. The van der Waals surface area contributed by atoms with E-state index in [2.05, 4.69) is 98.8 Å². The summed E-state index contributed by atoms with van der Waals surface area (Å²) in [7, 11) is 0.829. The molecule has 0 aromatic heterocycles. The van der Waals surface area contributed by atoms with Crippen LogP contribution in [0.25, 0.3) is 0 Å². The van der Waals surface area contributed by atoms with E-state index in [-0.39, 0.29) is 7.92 Å². The molecule has 3 aromatic rings. The van der Waals surface area contributed by atoms with Gasteiger partial charge in [0.15, 0.2) is 0 Å². The van der Waals surface area contributed by atoms with Crippen LogP contribution < -0.4 is 10.6 Å². The Labute approximate surface area is 161 Å². The third-order valence-electron chi connectivity index (χ3n) is 4.82. The lowest BCUT2D eigenvalue weighted by Gasteiger charge is -2.19. The van der Waals surface area contributed by atoms with E-state index in [9.17, 15) is 0 Å². The van der Waals surface area contributed by atoms with Crippen LogP contribution in [0.15, 0.2) is 84.9 Å². The van der Waals surface area contributed by atoms with Crippen LogP contribution >= 0.6 is 16.5 Å². The van der Waals surface area contributed by atoms with Crippen LogP contribution in [0.5, 0.6) is 0 Å². The summed E-state index contributed by atoms with van der Waals surface area (Å²) in [5.41, 5.74) is 3.44. The summed E-state index contributed by atoms with van der Waals surface area (Å²) in [5.74, 6) is 0. The second-order valence-corrected chi connectivity index (χ2v) is 10.9. The summed E-state index contributed by atoms with van der Waals surface area (Å²) in [6.45, 7) is 4.63. The van der Waals surface area contributed by atoms with Gasteiger partial charge in [-0.05, 0) is 40.5 Å². The van der Waals surface area contributed by atoms with Crippen molar-refractivity contribution in [2.75, 3.05) is 12.3 Å². The highest BCUT2D eigenvalue weighted by molar-refractivity contribution is 7.65. The average Bonchev–Trinajstić information content (AvgIpc) is 2.71. The molecule has 134 valence electrons. The van der Waals surface area contributed by atoms with E-state index in [0.29, 0.717) is 5.66 Å². The van der Waals surface area contributed by atoms with Crippen LogP contribution in [0.2, 0.25) is 0 Å². The highest BCUT2D eigenvalue weighted by Crippen LogP contribution is 2.37. The summed E-state index contributed by atoms with van der Waals surface area (Å²) in [5, 5.41) is 2.99. The molecule has 0 nitrogen and oxygen atoms in total. The number of rotatable bonds is 8. The molecule has 0 radical (unpaired) electrons. The fourth-order valence-corrected chi connectivity index (χ4v) is 6.57.